The maximum absolute atomic E-state index is 12.9. The minimum absolute atomic E-state index is 0.0556. The first-order valence-corrected chi connectivity index (χ1v) is 11.9. The van der Waals surface area contributed by atoms with E-state index in [1.54, 1.807) is 7.05 Å². The highest BCUT2D eigenvalue weighted by Crippen LogP contribution is 2.40. The van der Waals surface area contributed by atoms with Gasteiger partial charge in [-0.2, -0.15) is 9.36 Å². The highest BCUT2D eigenvalue weighted by molar-refractivity contribution is 8.00. The van der Waals surface area contributed by atoms with Crippen LogP contribution in [0.4, 0.5) is 5.13 Å². The van der Waals surface area contributed by atoms with Gasteiger partial charge < -0.3 is 35.7 Å². The van der Waals surface area contributed by atoms with Crippen molar-refractivity contribution in [2.75, 3.05) is 58.5 Å². The van der Waals surface area contributed by atoms with Crippen LogP contribution in [0, 0.1) is 0 Å². The second-order valence-corrected chi connectivity index (χ2v) is 9.76. The van der Waals surface area contributed by atoms with Crippen LogP contribution in [-0.2, 0) is 19.2 Å². The molecule has 0 aromatic carbocycles. The fourth-order valence-corrected chi connectivity index (χ4v) is 5.60. The maximum atomic E-state index is 12.9. The summed E-state index contributed by atoms with van der Waals surface area (Å²) in [7, 11) is 3.04. The average molecular weight is 517 g/mol. The van der Waals surface area contributed by atoms with Gasteiger partial charge in [0.05, 0.1) is 20.3 Å². The van der Waals surface area contributed by atoms with Crippen LogP contribution in [0.3, 0.4) is 0 Å². The van der Waals surface area contributed by atoms with Gasteiger partial charge in [-0.1, -0.05) is 5.16 Å². The van der Waals surface area contributed by atoms with E-state index in [1.807, 2.05) is 0 Å². The quantitative estimate of drug-likeness (QED) is 0.0911. The van der Waals surface area contributed by atoms with Gasteiger partial charge in [0, 0.05) is 22.9 Å². The molecule has 186 valence electrons. The molecule has 14 nitrogen and oxygen atoms in total. The third-order valence-corrected chi connectivity index (χ3v) is 7.32. The molecule has 3 heterocycles. The molecule has 2 atom stereocenters. The Morgan fingerprint density at radius 1 is 1.35 bits per heavy atom. The Labute approximate surface area is 202 Å². The highest BCUT2D eigenvalue weighted by atomic mass is 32.2. The molecular weight excluding hydrogens is 490 g/mol. The van der Waals surface area contributed by atoms with Crippen molar-refractivity contribution in [2.45, 2.75) is 11.4 Å². The van der Waals surface area contributed by atoms with Gasteiger partial charge >= 0.3 is 5.97 Å². The van der Waals surface area contributed by atoms with Crippen LogP contribution in [0.25, 0.3) is 0 Å². The van der Waals surface area contributed by atoms with Gasteiger partial charge in [-0.15, -0.1) is 11.8 Å². The molecule has 2 amide bonds. The minimum Gasteiger partial charge on any atom is -0.477 e. The molecule has 6 N–H and O–H groups in total. The monoisotopic (exact) mass is 516 g/mol. The molecule has 0 aliphatic carbocycles. The number of nitrogens with two attached hydrogens (primary N) is 1. The lowest BCUT2D eigenvalue weighted by molar-refractivity contribution is -0.905. The molecule has 1 fully saturated rings. The lowest BCUT2D eigenvalue weighted by atomic mass is 10.0. The van der Waals surface area contributed by atoms with Crippen LogP contribution in [-0.4, -0.2) is 122 Å². The summed E-state index contributed by atoms with van der Waals surface area (Å²) in [6.45, 7) is 0.598. The number of carboxylic acids is 1. The Kier molecular flexibility index (Phi) is 8.09. The number of aromatic nitrogens is 2. The van der Waals surface area contributed by atoms with Crippen LogP contribution in [0.5, 0.6) is 0 Å². The van der Waals surface area contributed by atoms with E-state index >= 15 is 0 Å². The van der Waals surface area contributed by atoms with Gasteiger partial charge in [-0.25, -0.2) is 4.79 Å². The predicted molar refractivity (Wildman–Crippen MR) is 123 cm³/mol. The maximum Gasteiger partial charge on any atom is 0.352 e. The van der Waals surface area contributed by atoms with Crippen molar-refractivity contribution < 1.29 is 39.0 Å². The zero-order valence-electron chi connectivity index (χ0n) is 18.5. The number of aliphatic carboxylic acids is 1. The van der Waals surface area contributed by atoms with Crippen molar-refractivity contribution in [3.63, 3.8) is 0 Å². The second kappa shape index (κ2) is 10.6. The van der Waals surface area contributed by atoms with E-state index < -0.39 is 29.2 Å². The fraction of sp³-hybridized carbons (Fsp3) is 0.556. The number of fused-ring (bicyclic) bond motifs is 1. The van der Waals surface area contributed by atoms with Crippen molar-refractivity contribution >= 4 is 51.9 Å². The summed E-state index contributed by atoms with van der Waals surface area (Å²) < 4.78 is 4.14. The third-order valence-electron chi connectivity index (χ3n) is 5.44. The lowest BCUT2D eigenvalue weighted by Gasteiger charge is -2.50. The van der Waals surface area contributed by atoms with Gasteiger partial charge in [0.25, 0.3) is 11.8 Å². The van der Waals surface area contributed by atoms with Gasteiger partial charge in [-0.3, -0.25) is 14.5 Å². The van der Waals surface area contributed by atoms with Gasteiger partial charge in [0.15, 0.2) is 5.13 Å². The summed E-state index contributed by atoms with van der Waals surface area (Å²) in [5.41, 5.74) is 5.67. The molecule has 2 aliphatic heterocycles. The summed E-state index contributed by atoms with van der Waals surface area (Å²) >= 11 is 2.18. The molecule has 34 heavy (non-hydrogen) atoms. The number of rotatable bonds is 11. The number of quaternary nitrogens is 1. The number of carboxylic acid groups (broad SMARTS) is 1. The first kappa shape index (κ1) is 25.8. The number of oxime groups is 1. The number of hydrogen-bond donors (Lipinski definition) is 5. The van der Waals surface area contributed by atoms with E-state index in [0.717, 1.165) is 16.4 Å². The van der Waals surface area contributed by atoms with Crippen LogP contribution in [0.2, 0.25) is 0 Å². The van der Waals surface area contributed by atoms with Gasteiger partial charge in [-0.05, 0) is 0 Å². The Bertz CT molecular complexity index is 1020. The molecule has 1 saturated heterocycles. The number of thioether (sulfide) groups is 1. The van der Waals surface area contributed by atoms with Crippen molar-refractivity contribution in [1.29, 1.82) is 0 Å². The molecule has 0 saturated carbocycles. The van der Waals surface area contributed by atoms with Crippen molar-refractivity contribution in [1.82, 2.24) is 19.6 Å². The van der Waals surface area contributed by atoms with Crippen LogP contribution in [0.1, 0.15) is 5.82 Å². The molecule has 1 unspecified atom stereocenters. The summed E-state index contributed by atoms with van der Waals surface area (Å²) in [4.78, 5) is 47.6. The van der Waals surface area contributed by atoms with Crippen LogP contribution >= 0.6 is 23.3 Å². The van der Waals surface area contributed by atoms with Crippen LogP contribution < -0.4 is 11.1 Å². The Balaban J connectivity index is 1.80. The SMILES string of the molecule is CON=C(C(=O)NC1C(=O)N2C(C(=O)O)=C(C[N+](C)(CCO)CCO)CS[C@@H]12)c1nsc(N)n1. The molecule has 16 heteroatoms. The number of aliphatic hydroxyl groups excluding tert-OH is 2. The van der Waals surface area contributed by atoms with Crippen LogP contribution in [0.15, 0.2) is 16.4 Å². The van der Waals surface area contributed by atoms with E-state index in [-0.39, 0.29) is 46.6 Å². The van der Waals surface area contributed by atoms with E-state index in [4.69, 9.17) is 10.6 Å². The number of likely N-dealkylation sites (N-methyl/N-ethyl adjacent to an activating group) is 1. The first-order valence-electron chi connectivity index (χ1n) is 10.1. The number of nitrogens with one attached hydrogen (secondary N) is 1. The highest BCUT2D eigenvalue weighted by Gasteiger charge is 2.55. The number of hydrogen-bond acceptors (Lipinski definition) is 12. The van der Waals surface area contributed by atoms with Gasteiger partial charge in [0.1, 0.15) is 43.9 Å². The number of amides is 2. The number of aliphatic hydroxyl groups is 2. The summed E-state index contributed by atoms with van der Waals surface area (Å²) in [6, 6.07) is -0.984. The zero-order valence-corrected chi connectivity index (χ0v) is 20.1. The second-order valence-electron chi connectivity index (χ2n) is 7.87. The molecule has 0 bridgehead atoms. The number of nitrogens with zero attached hydrogens (tertiary/aromatic N) is 5. The van der Waals surface area contributed by atoms with Gasteiger partial charge in [0.2, 0.25) is 11.5 Å². The summed E-state index contributed by atoms with van der Waals surface area (Å²) in [6.07, 6.45) is 0. The molecule has 0 radical (unpaired) electrons. The Hall–Kier alpha value is -2.79. The Morgan fingerprint density at radius 2 is 2.03 bits per heavy atom. The van der Waals surface area contributed by atoms with Crippen molar-refractivity contribution in [3.05, 3.63) is 17.1 Å². The van der Waals surface area contributed by atoms with Crippen molar-refractivity contribution in [2.24, 2.45) is 5.16 Å². The number of carbonyl (C=O) groups excluding carboxylic acids is 2. The molecule has 1 aromatic rings. The number of nitrogen functional groups attached to an aromatic ring is 1. The van der Waals surface area contributed by atoms with E-state index in [1.165, 1.54) is 18.9 Å². The number of β-lactam (4-membered cyclic amide) rings is 1. The fourth-order valence-electron chi connectivity index (χ4n) is 3.83. The molecule has 2 aliphatic rings. The summed E-state index contributed by atoms with van der Waals surface area (Å²) in [5, 5.41) is 34.3. The largest absolute Gasteiger partial charge is 0.477 e. The molecular formula is C18H26N7O7S2+. The molecule has 0 spiro atoms. The normalized spacial score (nSPS) is 20.6. The standard InChI is InChI=1S/C18H25N7O7S2/c1-25(3-5-26,4-6-27)7-9-8-33-16-11(15(29)24(16)12(9)17(30)31)20-14(28)10(22-32-2)13-21-18(19)34-23-13/h11,16,26-27H,3-8H2,1-2H3,(H3-,19,20,21,23,28,30,31)/p+1/t11?,16-/m0/s1. The zero-order chi connectivity index (χ0) is 25.0. The summed E-state index contributed by atoms with van der Waals surface area (Å²) in [5.74, 6) is -2.36. The lowest BCUT2D eigenvalue weighted by Crippen LogP contribution is -2.71. The predicted octanol–water partition coefficient (Wildman–Crippen LogP) is -2.36. The minimum atomic E-state index is -1.26. The third kappa shape index (κ3) is 5.15. The topological polar surface area (TPSA) is 201 Å². The first-order chi connectivity index (χ1) is 16.2. The van der Waals surface area contributed by atoms with Crippen molar-refractivity contribution in [3.8, 4) is 0 Å². The Morgan fingerprint density at radius 3 is 2.56 bits per heavy atom. The molecule has 3 rings (SSSR count). The molecule has 1 aromatic heterocycles. The number of anilines is 1. The smallest absolute Gasteiger partial charge is 0.352 e. The average Bonchev–Trinajstić information content (AvgIpc) is 3.21. The van der Waals surface area contributed by atoms with E-state index in [2.05, 4.69) is 19.8 Å². The van der Waals surface area contributed by atoms with E-state index in [9.17, 15) is 29.7 Å². The number of carbonyl (C=O) groups is 3. The van der Waals surface area contributed by atoms with E-state index in [0.29, 0.717) is 24.4 Å².